The molecule has 1 rings (SSSR count). The number of rotatable bonds is 4. The third-order valence-corrected chi connectivity index (χ3v) is 7.92. The topological polar surface area (TPSA) is 20.2 Å². The molecule has 0 aliphatic carbocycles. The van der Waals surface area contributed by atoms with Gasteiger partial charge >= 0.3 is 101 Å². The van der Waals surface area contributed by atoms with Crippen molar-refractivity contribution in [1.29, 1.82) is 0 Å². The average Bonchev–Trinajstić information content (AvgIpc) is 2.16. The number of hydrogen-bond acceptors (Lipinski definition) is 1. The van der Waals surface area contributed by atoms with Crippen LogP contribution < -0.4 is 42.4 Å². The van der Waals surface area contributed by atoms with Crippen LogP contribution in [-0.2, 0) is 0 Å². The summed E-state index contributed by atoms with van der Waals surface area (Å²) in [5, 5.41) is 9.16. The third kappa shape index (κ3) is 3.61. The Morgan fingerprint density at radius 1 is 1.23 bits per heavy atom. The molecule has 1 aromatic rings. The number of benzene rings is 1. The maximum absolute atomic E-state index is 9.16. The molecule has 0 saturated carbocycles. The number of aromatic hydroxyl groups is 1. The van der Waals surface area contributed by atoms with Gasteiger partial charge in [0, 0.05) is 0 Å². The number of alkyl halides is 4. The van der Waals surface area contributed by atoms with E-state index in [1.807, 2.05) is 0 Å². The van der Waals surface area contributed by atoms with Crippen LogP contribution in [0.15, 0.2) is 24.3 Å². The Bertz CT molecular complexity index is 246. The predicted molar refractivity (Wildman–Crippen MR) is 47.6 cm³/mol. The number of halogens is 2. The minimum absolute atomic E-state index is 0.292. The van der Waals surface area contributed by atoms with Gasteiger partial charge in [-0.1, -0.05) is 0 Å². The molecule has 0 fully saturated rings. The van der Waals surface area contributed by atoms with Crippen LogP contribution in [0, 0.1) is 0 Å². The third-order valence-electron chi connectivity index (χ3n) is 1.81. The zero-order valence-corrected chi connectivity index (χ0v) is 12.1. The van der Waals surface area contributed by atoms with Crippen LogP contribution in [0.5, 0.6) is 5.75 Å². The molecular formula is C10H14I2O-2. The van der Waals surface area contributed by atoms with E-state index in [1.165, 1.54) is 9.99 Å². The second-order valence-electron chi connectivity index (χ2n) is 2.70. The Hall–Kier alpha value is 0.480. The van der Waals surface area contributed by atoms with Gasteiger partial charge < -0.3 is 0 Å². The van der Waals surface area contributed by atoms with Gasteiger partial charge in [-0.15, -0.1) is 0 Å². The molecule has 0 aliphatic rings. The van der Waals surface area contributed by atoms with Gasteiger partial charge in [0.25, 0.3) is 0 Å². The zero-order valence-electron chi connectivity index (χ0n) is 7.80. The van der Waals surface area contributed by atoms with Crippen LogP contribution >= 0.6 is 0 Å². The normalized spacial score (nSPS) is 13.4. The monoisotopic (exact) mass is 404 g/mol. The van der Waals surface area contributed by atoms with E-state index in [1.54, 1.807) is 12.1 Å². The summed E-state index contributed by atoms with van der Waals surface area (Å²) in [7, 11) is 0. The SMILES string of the molecule is C[I-]CC([I-]C)c1ccc(O)cc1. The Morgan fingerprint density at radius 3 is 2.31 bits per heavy atom. The molecule has 0 spiro atoms. The van der Waals surface area contributed by atoms with Crippen LogP contribution in [0.4, 0.5) is 0 Å². The maximum atomic E-state index is 9.16. The molecule has 0 aromatic heterocycles. The van der Waals surface area contributed by atoms with Gasteiger partial charge in [0.05, 0.1) is 0 Å². The Kier molecular flexibility index (Phi) is 5.38. The van der Waals surface area contributed by atoms with Gasteiger partial charge in [0.15, 0.2) is 0 Å². The van der Waals surface area contributed by atoms with Gasteiger partial charge in [-0.3, -0.25) is 0 Å². The van der Waals surface area contributed by atoms with Crippen molar-refractivity contribution in [2.75, 3.05) is 14.3 Å². The first-order valence-electron chi connectivity index (χ1n) is 3.98. The fourth-order valence-electron chi connectivity index (χ4n) is 1.09. The fourth-order valence-corrected chi connectivity index (χ4v) is 8.31. The Morgan fingerprint density at radius 2 is 1.85 bits per heavy atom. The summed E-state index contributed by atoms with van der Waals surface area (Å²) >= 11 is 0.685. The Labute approximate surface area is 100 Å². The van der Waals surface area contributed by atoms with Crippen molar-refractivity contribution in [3.05, 3.63) is 29.8 Å². The fraction of sp³-hybridized carbons (Fsp3) is 0.400. The van der Waals surface area contributed by atoms with E-state index in [-0.39, 0.29) is 0 Å². The molecule has 0 amide bonds. The van der Waals surface area contributed by atoms with Crippen molar-refractivity contribution < 1.29 is 47.5 Å². The van der Waals surface area contributed by atoms with Crippen LogP contribution in [0.25, 0.3) is 0 Å². The first kappa shape index (κ1) is 11.6. The van der Waals surface area contributed by atoms with Gasteiger partial charge in [-0.2, -0.15) is 0 Å². The van der Waals surface area contributed by atoms with Crippen molar-refractivity contribution in [3.63, 3.8) is 0 Å². The summed E-state index contributed by atoms with van der Waals surface area (Å²) < 4.78 is 2.21. The van der Waals surface area contributed by atoms with Crippen LogP contribution in [0.3, 0.4) is 0 Å². The molecular weight excluding hydrogens is 390 g/mol. The van der Waals surface area contributed by atoms with Crippen molar-refractivity contribution >= 4 is 0 Å². The summed E-state index contributed by atoms with van der Waals surface area (Å²) in [4.78, 5) is 4.68. The van der Waals surface area contributed by atoms with Crippen LogP contribution in [0.1, 0.15) is 9.49 Å². The first-order chi connectivity index (χ1) is 6.27. The summed E-state index contributed by atoms with van der Waals surface area (Å²) in [6, 6.07) is 7.75. The molecule has 1 unspecified atom stereocenters. The molecule has 13 heavy (non-hydrogen) atoms. The molecule has 1 N–H and O–H groups in total. The second-order valence-corrected chi connectivity index (χ2v) is 7.85. The molecule has 1 aromatic carbocycles. The molecule has 0 saturated heterocycles. The quantitative estimate of drug-likeness (QED) is 0.400. The number of phenols is 1. The summed E-state index contributed by atoms with van der Waals surface area (Å²) in [5.41, 5.74) is 1.43. The van der Waals surface area contributed by atoms with Crippen LogP contribution in [0.2, 0.25) is 0 Å². The van der Waals surface area contributed by atoms with E-state index in [0.717, 1.165) is 3.92 Å². The van der Waals surface area contributed by atoms with Crippen molar-refractivity contribution in [2.24, 2.45) is 0 Å². The number of hydrogen-bond donors (Lipinski definition) is 1. The van der Waals surface area contributed by atoms with Gasteiger partial charge in [0.2, 0.25) is 0 Å². The van der Waals surface area contributed by atoms with E-state index in [4.69, 9.17) is 5.11 Å². The molecule has 0 radical (unpaired) electrons. The molecule has 0 aliphatic heterocycles. The van der Waals surface area contributed by atoms with E-state index >= 15 is 0 Å². The minimum atomic E-state index is 0.292. The van der Waals surface area contributed by atoms with Gasteiger partial charge in [-0.05, 0) is 0 Å². The molecule has 3 heteroatoms. The van der Waals surface area contributed by atoms with Crippen molar-refractivity contribution in [1.82, 2.24) is 0 Å². The van der Waals surface area contributed by atoms with E-state index in [9.17, 15) is 0 Å². The van der Waals surface area contributed by atoms with E-state index in [0.29, 0.717) is 48.2 Å². The average molecular weight is 404 g/mol. The van der Waals surface area contributed by atoms with E-state index in [2.05, 4.69) is 22.0 Å². The second kappa shape index (κ2) is 6.06. The molecule has 76 valence electrons. The first-order valence-corrected chi connectivity index (χ1v) is 11.1. The summed E-state index contributed by atoms with van der Waals surface area (Å²) in [6.07, 6.45) is 0. The molecule has 0 bridgehead atoms. The standard InChI is InChI=1S/C10H14I2O/c1-11-7-10(12-2)8-3-5-9(13)6-4-8/h3-6,10,13H,7H2,1-2H3/q-2. The molecule has 0 heterocycles. The predicted octanol–water partition coefficient (Wildman–Crippen LogP) is -4.13. The van der Waals surface area contributed by atoms with E-state index < -0.39 is 0 Å². The van der Waals surface area contributed by atoms with Crippen molar-refractivity contribution in [3.8, 4) is 5.75 Å². The van der Waals surface area contributed by atoms with Gasteiger partial charge in [0.1, 0.15) is 0 Å². The molecule has 1 nitrogen and oxygen atoms in total. The number of phenolic OH excluding ortho intramolecular Hbond substituents is 1. The summed E-state index contributed by atoms with van der Waals surface area (Å²) in [5.74, 6) is 0.378. The Balaban J connectivity index is 2.73. The van der Waals surface area contributed by atoms with Crippen LogP contribution in [-0.4, -0.2) is 19.4 Å². The van der Waals surface area contributed by atoms with Gasteiger partial charge in [-0.25, -0.2) is 0 Å². The van der Waals surface area contributed by atoms with Crippen molar-refractivity contribution in [2.45, 2.75) is 3.92 Å². The summed E-state index contributed by atoms with van der Waals surface area (Å²) in [6.45, 7) is 0. The zero-order chi connectivity index (χ0) is 9.68. The molecule has 1 atom stereocenters.